The Hall–Kier alpha value is -2.02. The molecule has 0 aliphatic rings. The van der Waals surface area contributed by atoms with Crippen LogP contribution >= 0.6 is 7.37 Å². The van der Waals surface area contributed by atoms with Crippen LogP contribution < -0.4 is 52.6 Å². The Morgan fingerprint density at radius 1 is 0.825 bits per heavy atom. The van der Waals surface area contributed by atoms with E-state index in [1.54, 1.807) is 12.1 Å². The summed E-state index contributed by atoms with van der Waals surface area (Å²) < 4.78 is 13.1. The summed E-state index contributed by atoms with van der Waals surface area (Å²) in [6.45, 7) is 5.24. The first-order valence-electron chi connectivity index (χ1n) is 13.1. The van der Waals surface area contributed by atoms with Gasteiger partial charge in [-0.1, -0.05) is 86.6 Å². The number of amides is 1. The number of carboxylic acid groups (broad SMARTS) is 1. The number of benzene rings is 3. The average molecular weight is 547 g/mol. The van der Waals surface area contributed by atoms with E-state index in [1.165, 1.54) is 11.8 Å². The van der Waals surface area contributed by atoms with Crippen molar-refractivity contribution in [2.75, 3.05) is 17.2 Å². The van der Waals surface area contributed by atoms with Crippen LogP contribution in [0.4, 0.5) is 5.69 Å². The van der Waals surface area contributed by atoms with Crippen molar-refractivity contribution in [1.29, 1.82) is 0 Å². The number of anilines is 1. The fourth-order valence-electron chi connectivity index (χ4n) is 4.71. The van der Waals surface area contributed by atoms with Gasteiger partial charge < -0.3 is 24.3 Å². The summed E-state index contributed by atoms with van der Waals surface area (Å²) in [6, 6.07) is 25.2. The summed E-state index contributed by atoms with van der Waals surface area (Å²) in [6.07, 6.45) is 1.13. The number of aryl methyl sites for hydroxylation is 1. The molecule has 3 aromatic carbocycles. The predicted octanol–water partition coefficient (Wildman–Crippen LogP) is -1.23. The van der Waals surface area contributed by atoms with Gasteiger partial charge in [-0.15, -0.1) is 0 Å². The summed E-state index contributed by atoms with van der Waals surface area (Å²) in [4.78, 5) is 40.0. The third-order valence-corrected chi connectivity index (χ3v) is 8.62. The maximum atomic E-state index is 13.8. The molecule has 0 saturated carbocycles. The number of carbonyl (C=O) groups excluding carboxylic acids is 2. The molecular weight excluding hydrogens is 511 g/mol. The first-order chi connectivity index (χ1) is 18.1. The van der Waals surface area contributed by atoms with Gasteiger partial charge in [0.1, 0.15) is 0 Å². The van der Waals surface area contributed by atoms with Crippen LogP contribution in [-0.2, 0) is 20.6 Å². The molecule has 40 heavy (non-hydrogen) atoms. The molecule has 202 valence electrons. The zero-order valence-corrected chi connectivity index (χ0v) is 25.2. The summed E-state index contributed by atoms with van der Waals surface area (Å²) in [5.74, 6) is -2.72. The van der Waals surface area contributed by atoms with Gasteiger partial charge in [-0.05, 0) is 73.3 Å². The third kappa shape index (κ3) is 10.8. The van der Waals surface area contributed by atoms with Gasteiger partial charge in [0.05, 0.1) is 12.0 Å². The molecule has 9 heteroatoms. The fraction of sp³-hybridized carbons (Fsp3) is 0.355. The molecule has 0 N–H and O–H groups in total. The minimum Gasteiger partial charge on any atom is -0.799 e. The van der Waals surface area contributed by atoms with Crippen LogP contribution in [-0.4, -0.2) is 30.2 Å². The SMILES string of the molecule is CC(C)CC(CP(=O)([O-])CCCc1ccccc1)C(=O)N(c1ccc(-c2ccccc2)cc1)[C@@H](C)C(=O)[O-].[Li+].[Li+]. The number of nitrogens with zero attached hydrogens (tertiary/aromatic N) is 1. The Balaban J connectivity index is 0.00000400. The molecule has 0 aliphatic heterocycles. The van der Waals surface area contributed by atoms with Crippen LogP contribution in [0.5, 0.6) is 0 Å². The van der Waals surface area contributed by atoms with Crippen LogP contribution in [0.2, 0.25) is 0 Å². The molecule has 3 rings (SSSR count). The van der Waals surface area contributed by atoms with E-state index in [9.17, 15) is 24.2 Å². The van der Waals surface area contributed by atoms with Crippen LogP contribution in [0.1, 0.15) is 39.2 Å². The molecule has 0 radical (unpaired) electrons. The van der Waals surface area contributed by atoms with Gasteiger partial charge >= 0.3 is 37.7 Å². The zero-order valence-electron chi connectivity index (χ0n) is 24.3. The van der Waals surface area contributed by atoms with Crippen LogP contribution in [0.3, 0.4) is 0 Å². The Morgan fingerprint density at radius 3 is 1.88 bits per heavy atom. The summed E-state index contributed by atoms with van der Waals surface area (Å²) >= 11 is 0. The Bertz CT molecular complexity index is 1240. The molecule has 3 aromatic rings. The maximum absolute atomic E-state index is 13.8. The zero-order chi connectivity index (χ0) is 27.7. The van der Waals surface area contributed by atoms with Gasteiger partial charge in [-0.25, -0.2) is 0 Å². The summed E-state index contributed by atoms with van der Waals surface area (Å²) in [5, 5.41) is 11.9. The Labute approximate surface area is 262 Å². The number of carboxylic acids is 1. The van der Waals surface area contributed by atoms with E-state index in [4.69, 9.17) is 0 Å². The van der Waals surface area contributed by atoms with Crippen molar-refractivity contribution in [3.8, 4) is 11.1 Å². The second-order valence-electron chi connectivity index (χ2n) is 10.3. The summed E-state index contributed by atoms with van der Waals surface area (Å²) in [7, 11) is -3.89. The minimum absolute atomic E-state index is 0. The average Bonchev–Trinajstić information content (AvgIpc) is 2.89. The second-order valence-corrected chi connectivity index (χ2v) is 12.7. The third-order valence-electron chi connectivity index (χ3n) is 6.63. The molecule has 6 nitrogen and oxygen atoms in total. The van der Waals surface area contributed by atoms with Crippen molar-refractivity contribution in [3.05, 3.63) is 90.5 Å². The monoisotopic (exact) mass is 547 g/mol. The van der Waals surface area contributed by atoms with Crippen LogP contribution in [0.15, 0.2) is 84.9 Å². The molecule has 2 unspecified atom stereocenters. The van der Waals surface area contributed by atoms with Gasteiger partial charge in [0.15, 0.2) is 0 Å². The van der Waals surface area contributed by atoms with Gasteiger partial charge in [0.2, 0.25) is 5.91 Å². The van der Waals surface area contributed by atoms with Crippen LogP contribution in [0.25, 0.3) is 11.1 Å². The standard InChI is InChI=1S/C31H38NO5P.2Li/c1-23(2)21-28(22-38(36,37)20-10-13-25-11-6-4-7-12-25)30(33)32(24(3)31(34)35)29-18-16-27(17-19-29)26-14-8-5-9-15-26;;/h4-9,11-12,14-19,23-24,28H,10,13,20-22H2,1-3H3,(H,34,35)(H,36,37);;/q;2*+1/p-2/t24-,28?;;/m0../s1. The molecule has 0 bridgehead atoms. The molecule has 0 fully saturated rings. The number of aliphatic carboxylic acids is 1. The number of hydrogen-bond donors (Lipinski definition) is 0. The van der Waals surface area contributed by atoms with Gasteiger partial charge in [-0.3, -0.25) is 4.79 Å². The van der Waals surface area contributed by atoms with Gasteiger partial charge in [-0.2, -0.15) is 0 Å². The van der Waals surface area contributed by atoms with E-state index in [0.29, 0.717) is 24.9 Å². The van der Waals surface area contributed by atoms with E-state index in [2.05, 4.69) is 0 Å². The molecule has 3 atom stereocenters. The smallest absolute Gasteiger partial charge is 0.799 e. The van der Waals surface area contributed by atoms with Crippen molar-refractivity contribution >= 4 is 24.9 Å². The number of hydrogen-bond acceptors (Lipinski definition) is 5. The maximum Gasteiger partial charge on any atom is 1.00 e. The Kier molecular flexibility index (Phi) is 15.4. The first kappa shape index (κ1) is 36.0. The predicted molar refractivity (Wildman–Crippen MR) is 149 cm³/mol. The Morgan fingerprint density at radius 2 is 1.35 bits per heavy atom. The van der Waals surface area contributed by atoms with Crippen molar-refractivity contribution < 1.29 is 61.9 Å². The quantitative estimate of drug-likeness (QED) is 0.197. The van der Waals surface area contributed by atoms with E-state index in [1.807, 2.05) is 86.6 Å². The molecule has 0 saturated heterocycles. The molecule has 0 heterocycles. The molecular formula is C31H36Li2NO5P. The van der Waals surface area contributed by atoms with Crippen LogP contribution in [0, 0.1) is 11.8 Å². The molecule has 0 aliphatic carbocycles. The van der Waals surface area contributed by atoms with Gasteiger partial charge in [0, 0.05) is 19.0 Å². The van der Waals surface area contributed by atoms with Crippen molar-refractivity contribution in [1.82, 2.24) is 0 Å². The van der Waals surface area contributed by atoms with Gasteiger partial charge in [0.25, 0.3) is 0 Å². The summed E-state index contributed by atoms with van der Waals surface area (Å²) in [5.41, 5.74) is 3.37. The van der Waals surface area contributed by atoms with Crippen molar-refractivity contribution in [3.63, 3.8) is 0 Å². The fourth-order valence-corrected chi connectivity index (χ4v) is 6.51. The molecule has 0 spiro atoms. The topological polar surface area (TPSA) is 101 Å². The van der Waals surface area contributed by atoms with E-state index in [0.717, 1.165) is 16.7 Å². The number of carbonyl (C=O) groups is 2. The van der Waals surface area contributed by atoms with E-state index < -0.39 is 31.2 Å². The number of rotatable bonds is 13. The largest absolute Gasteiger partial charge is 1.00 e. The minimum atomic E-state index is -3.89. The molecule has 1 amide bonds. The van der Waals surface area contributed by atoms with E-state index in [-0.39, 0.29) is 56.0 Å². The van der Waals surface area contributed by atoms with Crippen molar-refractivity contribution in [2.45, 2.75) is 46.1 Å². The van der Waals surface area contributed by atoms with E-state index >= 15 is 0 Å². The molecule has 0 aromatic heterocycles. The van der Waals surface area contributed by atoms with Crippen molar-refractivity contribution in [2.24, 2.45) is 11.8 Å². The normalized spacial score (nSPS) is 13.7. The first-order valence-corrected chi connectivity index (χ1v) is 15.1. The second kappa shape index (κ2) is 17.1.